The Morgan fingerprint density at radius 1 is 1.41 bits per heavy atom. The maximum absolute atomic E-state index is 13.0. The molecular formula is C19H26F3N3O2. The smallest absolute Gasteiger partial charge is 0.421 e. The van der Waals surface area contributed by atoms with Crippen LogP contribution in [0.3, 0.4) is 0 Å². The number of alkyl halides is 3. The molecule has 27 heavy (non-hydrogen) atoms. The average Bonchev–Trinajstić information content (AvgIpc) is 3.36. The number of carbonyl (C=O) groups is 1. The number of hydrogen-bond donors (Lipinski definition) is 1. The SMILES string of the molecule is CN1CCC(NC(=O)C(C)(C)COc2ncccc2C(F)(F)F)CC12CC2. The number of nitrogens with one attached hydrogen (secondary N) is 1. The maximum Gasteiger partial charge on any atom is 0.421 e. The number of pyridine rings is 1. The van der Waals surface area contributed by atoms with Gasteiger partial charge in [-0.25, -0.2) is 4.98 Å². The molecule has 2 aliphatic rings. The van der Waals surface area contributed by atoms with E-state index in [1.165, 1.54) is 12.3 Å². The van der Waals surface area contributed by atoms with Crippen LogP contribution in [0.5, 0.6) is 5.88 Å². The third kappa shape index (κ3) is 4.36. The summed E-state index contributed by atoms with van der Waals surface area (Å²) >= 11 is 0. The number of rotatable bonds is 5. The molecule has 1 unspecified atom stereocenters. The first-order valence-corrected chi connectivity index (χ1v) is 9.21. The second kappa shape index (κ2) is 6.96. The summed E-state index contributed by atoms with van der Waals surface area (Å²) in [7, 11) is 2.12. The third-order valence-electron chi connectivity index (χ3n) is 5.67. The lowest BCUT2D eigenvalue weighted by Crippen LogP contribution is -2.52. The molecule has 0 radical (unpaired) electrons. The monoisotopic (exact) mass is 385 g/mol. The van der Waals surface area contributed by atoms with Gasteiger partial charge in [-0.15, -0.1) is 0 Å². The molecule has 3 rings (SSSR count). The van der Waals surface area contributed by atoms with E-state index < -0.39 is 23.0 Å². The van der Waals surface area contributed by atoms with Gasteiger partial charge in [-0.2, -0.15) is 13.2 Å². The highest BCUT2D eigenvalue weighted by Gasteiger charge is 2.50. The molecule has 1 aromatic heterocycles. The zero-order valence-corrected chi connectivity index (χ0v) is 15.9. The quantitative estimate of drug-likeness (QED) is 0.846. The first-order valence-electron chi connectivity index (χ1n) is 9.21. The summed E-state index contributed by atoms with van der Waals surface area (Å²) < 4.78 is 44.4. The van der Waals surface area contributed by atoms with Crippen LogP contribution in [0.2, 0.25) is 0 Å². The van der Waals surface area contributed by atoms with Crippen LogP contribution in [0.15, 0.2) is 18.3 Å². The second-order valence-corrected chi connectivity index (χ2v) is 8.34. The zero-order valence-electron chi connectivity index (χ0n) is 15.9. The van der Waals surface area contributed by atoms with Gasteiger partial charge in [-0.3, -0.25) is 4.79 Å². The lowest BCUT2D eigenvalue weighted by Gasteiger charge is -2.39. The minimum atomic E-state index is -4.55. The van der Waals surface area contributed by atoms with E-state index in [0.717, 1.165) is 38.3 Å². The molecule has 0 bridgehead atoms. The summed E-state index contributed by atoms with van der Waals surface area (Å²) in [5.74, 6) is -0.709. The fourth-order valence-corrected chi connectivity index (χ4v) is 3.57. The number of halogens is 3. The molecule has 2 fully saturated rings. The Morgan fingerprint density at radius 3 is 2.74 bits per heavy atom. The number of piperidine rings is 1. The van der Waals surface area contributed by atoms with Crippen molar-refractivity contribution in [1.29, 1.82) is 0 Å². The topological polar surface area (TPSA) is 54.5 Å². The van der Waals surface area contributed by atoms with Crippen molar-refractivity contribution < 1.29 is 22.7 Å². The highest BCUT2D eigenvalue weighted by molar-refractivity contribution is 5.82. The normalized spacial score (nSPS) is 22.5. The van der Waals surface area contributed by atoms with Crippen molar-refractivity contribution in [3.63, 3.8) is 0 Å². The Bertz CT molecular complexity index is 702. The fraction of sp³-hybridized carbons (Fsp3) is 0.684. The van der Waals surface area contributed by atoms with Crippen molar-refractivity contribution in [3.8, 4) is 5.88 Å². The number of nitrogens with zero attached hydrogens (tertiary/aromatic N) is 2. The van der Waals surface area contributed by atoms with Gasteiger partial charge >= 0.3 is 6.18 Å². The van der Waals surface area contributed by atoms with Crippen LogP contribution in [-0.2, 0) is 11.0 Å². The van der Waals surface area contributed by atoms with E-state index in [1.54, 1.807) is 13.8 Å². The van der Waals surface area contributed by atoms with Crippen LogP contribution in [0.25, 0.3) is 0 Å². The molecule has 5 nitrogen and oxygen atoms in total. The van der Waals surface area contributed by atoms with Crippen LogP contribution >= 0.6 is 0 Å². The van der Waals surface area contributed by atoms with Crippen molar-refractivity contribution in [2.24, 2.45) is 5.41 Å². The summed E-state index contributed by atoms with van der Waals surface area (Å²) in [5.41, 5.74) is -1.68. The molecular weight excluding hydrogens is 359 g/mol. The lowest BCUT2D eigenvalue weighted by atomic mass is 9.90. The molecule has 2 heterocycles. The maximum atomic E-state index is 13.0. The van der Waals surface area contributed by atoms with Crippen LogP contribution < -0.4 is 10.1 Å². The number of hydrogen-bond acceptors (Lipinski definition) is 4. The van der Waals surface area contributed by atoms with Crippen LogP contribution in [0, 0.1) is 5.41 Å². The van der Waals surface area contributed by atoms with Crippen molar-refractivity contribution in [1.82, 2.24) is 15.2 Å². The van der Waals surface area contributed by atoms with Crippen molar-refractivity contribution in [2.75, 3.05) is 20.2 Å². The van der Waals surface area contributed by atoms with Gasteiger partial charge < -0.3 is 15.0 Å². The molecule has 1 amide bonds. The molecule has 8 heteroatoms. The van der Waals surface area contributed by atoms with E-state index in [9.17, 15) is 18.0 Å². The number of ether oxygens (including phenoxy) is 1. The number of aromatic nitrogens is 1. The van der Waals surface area contributed by atoms with Crippen molar-refractivity contribution in [3.05, 3.63) is 23.9 Å². The lowest BCUT2D eigenvalue weighted by molar-refractivity contribution is -0.139. The van der Waals surface area contributed by atoms with Gasteiger partial charge in [0.25, 0.3) is 0 Å². The second-order valence-electron chi connectivity index (χ2n) is 8.34. The molecule has 1 atom stereocenters. The summed E-state index contributed by atoms with van der Waals surface area (Å²) in [4.78, 5) is 18.7. The molecule has 1 saturated heterocycles. The Kier molecular flexibility index (Phi) is 5.14. The summed E-state index contributed by atoms with van der Waals surface area (Å²) in [6, 6.07) is 2.22. The summed E-state index contributed by atoms with van der Waals surface area (Å²) in [6.45, 7) is 4.09. The Balaban J connectivity index is 1.59. The van der Waals surface area contributed by atoms with Gasteiger partial charge in [0.1, 0.15) is 12.2 Å². The van der Waals surface area contributed by atoms with E-state index in [4.69, 9.17) is 4.74 Å². The zero-order chi connectivity index (χ0) is 19.9. The van der Waals surface area contributed by atoms with Crippen molar-refractivity contribution >= 4 is 5.91 Å². The van der Waals surface area contributed by atoms with E-state index in [1.807, 2.05) is 0 Å². The van der Waals surface area contributed by atoms with E-state index in [0.29, 0.717) is 0 Å². The molecule has 1 aliphatic carbocycles. The summed E-state index contributed by atoms with van der Waals surface area (Å²) in [5, 5.41) is 3.07. The highest BCUT2D eigenvalue weighted by Crippen LogP contribution is 2.47. The van der Waals surface area contributed by atoms with E-state index >= 15 is 0 Å². The minimum absolute atomic E-state index is 0.0936. The highest BCUT2D eigenvalue weighted by atomic mass is 19.4. The molecule has 150 valence electrons. The number of carbonyl (C=O) groups excluding carboxylic acids is 1. The average molecular weight is 385 g/mol. The Hall–Kier alpha value is -1.83. The number of amides is 1. The first-order chi connectivity index (χ1) is 12.5. The van der Waals surface area contributed by atoms with Crippen LogP contribution in [0.1, 0.15) is 45.1 Å². The molecule has 1 N–H and O–H groups in total. The number of likely N-dealkylation sites (tertiary alicyclic amines) is 1. The molecule has 0 aromatic carbocycles. The molecule has 1 aromatic rings. The first kappa shape index (κ1) is 19.9. The van der Waals surface area contributed by atoms with Gasteiger partial charge in [0.2, 0.25) is 11.8 Å². The van der Waals surface area contributed by atoms with Gasteiger partial charge in [0.05, 0.1) is 5.41 Å². The van der Waals surface area contributed by atoms with Gasteiger partial charge in [0, 0.05) is 24.3 Å². The standard InChI is InChI=1S/C19H26F3N3O2/c1-17(2,12-27-15-14(19(20,21)22)5-4-9-23-15)16(26)24-13-6-10-25(3)18(11-13)7-8-18/h4-5,9,13H,6-8,10-12H2,1-3H3,(H,24,26). The third-order valence-corrected chi connectivity index (χ3v) is 5.67. The van der Waals surface area contributed by atoms with Gasteiger partial charge in [-0.1, -0.05) is 0 Å². The van der Waals surface area contributed by atoms with E-state index in [2.05, 4.69) is 22.2 Å². The van der Waals surface area contributed by atoms with Gasteiger partial charge in [-0.05, 0) is 58.7 Å². The Morgan fingerprint density at radius 2 is 2.11 bits per heavy atom. The fourth-order valence-electron chi connectivity index (χ4n) is 3.57. The molecule has 1 saturated carbocycles. The largest absolute Gasteiger partial charge is 0.476 e. The van der Waals surface area contributed by atoms with Crippen LogP contribution in [-0.4, -0.2) is 47.6 Å². The van der Waals surface area contributed by atoms with Crippen LogP contribution in [0.4, 0.5) is 13.2 Å². The predicted octanol–water partition coefficient (Wildman–Crippen LogP) is 3.25. The predicted molar refractivity (Wildman–Crippen MR) is 94.3 cm³/mol. The minimum Gasteiger partial charge on any atom is -0.476 e. The Labute approximate surface area is 157 Å². The molecule has 1 aliphatic heterocycles. The van der Waals surface area contributed by atoms with E-state index in [-0.39, 0.29) is 24.1 Å². The summed E-state index contributed by atoms with van der Waals surface area (Å²) in [6.07, 6.45) is 0.794. The molecule has 1 spiro atoms. The van der Waals surface area contributed by atoms with Crippen molar-refractivity contribution in [2.45, 2.75) is 57.3 Å². The van der Waals surface area contributed by atoms with Gasteiger partial charge in [0.15, 0.2) is 0 Å².